The van der Waals surface area contributed by atoms with Crippen LogP contribution in [-0.2, 0) is 4.79 Å². The fourth-order valence-electron chi connectivity index (χ4n) is 1.57. The molecule has 0 aromatic heterocycles. The molecule has 0 aliphatic heterocycles. The van der Waals surface area contributed by atoms with Crippen LogP contribution in [-0.4, -0.2) is 23.0 Å². The second-order valence-electron chi connectivity index (χ2n) is 4.13. The summed E-state index contributed by atoms with van der Waals surface area (Å²) in [7, 11) is 0. The predicted octanol–water partition coefficient (Wildman–Crippen LogP) is 3.43. The van der Waals surface area contributed by atoms with Crippen molar-refractivity contribution in [1.29, 1.82) is 0 Å². The third-order valence-electron chi connectivity index (χ3n) is 2.62. The Kier molecular flexibility index (Phi) is 6.78. The highest BCUT2D eigenvalue weighted by Gasteiger charge is 2.21. The fourth-order valence-corrected chi connectivity index (χ4v) is 2.49. The van der Waals surface area contributed by atoms with Crippen molar-refractivity contribution < 1.29 is 14.7 Å². The number of aliphatic carboxylic acids is 1. The zero-order valence-electron chi connectivity index (χ0n) is 10.5. The lowest BCUT2D eigenvalue weighted by Gasteiger charge is -2.14. The van der Waals surface area contributed by atoms with Crippen molar-refractivity contribution >= 4 is 50.4 Å². The van der Waals surface area contributed by atoms with E-state index in [1.807, 2.05) is 13.0 Å². The maximum absolute atomic E-state index is 12.1. The van der Waals surface area contributed by atoms with Crippen LogP contribution in [0.3, 0.4) is 0 Å². The molecule has 0 saturated carbocycles. The smallest absolute Gasteiger partial charge is 0.326 e. The Hall–Kier alpha value is -0.630. The third kappa shape index (κ3) is 5.10. The van der Waals surface area contributed by atoms with Crippen molar-refractivity contribution in [3.63, 3.8) is 0 Å². The third-order valence-corrected chi connectivity index (χ3v) is 3.99. The first kappa shape index (κ1) is 16.4. The predicted molar refractivity (Wildman–Crippen MR) is 85.3 cm³/mol. The molecule has 1 aromatic rings. The number of benzene rings is 1. The molecule has 0 heterocycles. The van der Waals surface area contributed by atoms with Gasteiger partial charge in [-0.15, -0.1) is 0 Å². The van der Waals surface area contributed by atoms with Crippen molar-refractivity contribution in [2.24, 2.45) is 0 Å². The van der Waals surface area contributed by atoms with Gasteiger partial charge in [0.05, 0.1) is 5.56 Å². The van der Waals surface area contributed by atoms with E-state index in [1.165, 1.54) is 0 Å². The van der Waals surface area contributed by atoms with Crippen LogP contribution in [0.2, 0.25) is 0 Å². The summed E-state index contributed by atoms with van der Waals surface area (Å²) in [5.41, 5.74) is 0.453. The zero-order valence-corrected chi connectivity index (χ0v) is 14.2. The highest BCUT2D eigenvalue weighted by Crippen LogP contribution is 2.19. The number of hydrogen-bond acceptors (Lipinski definition) is 2. The molecule has 6 heteroatoms. The van der Waals surface area contributed by atoms with Gasteiger partial charge in [0, 0.05) is 8.04 Å². The number of unbranched alkanes of at least 4 members (excludes halogenated alkanes) is 1. The second kappa shape index (κ2) is 7.84. The molecule has 0 fully saturated rings. The topological polar surface area (TPSA) is 66.4 Å². The Morgan fingerprint density at radius 2 is 2.16 bits per heavy atom. The molecule has 0 aliphatic rings. The second-order valence-corrected chi connectivity index (χ2v) is 6.23. The molecule has 104 valence electrons. The lowest BCUT2D eigenvalue weighted by molar-refractivity contribution is -0.139. The summed E-state index contributed by atoms with van der Waals surface area (Å²) in [5, 5.41) is 11.7. The van der Waals surface area contributed by atoms with E-state index in [0.717, 1.165) is 16.4 Å². The lowest BCUT2D eigenvalue weighted by Crippen LogP contribution is -2.40. The van der Waals surface area contributed by atoms with Crippen LogP contribution in [0.4, 0.5) is 0 Å². The van der Waals surface area contributed by atoms with E-state index in [0.29, 0.717) is 16.5 Å². The van der Waals surface area contributed by atoms with Gasteiger partial charge in [-0.1, -0.05) is 19.8 Å². The van der Waals surface area contributed by atoms with Gasteiger partial charge in [0.1, 0.15) is 6.04 Å². The standard InChI is InChI=1S/C13H15BrINO3/c1-2-3-4-11(13(18)19)16-12(17)9-7-8(15)5-6-10(9)14/h5-7,11H,2-4H2,1H3,(H,16,17)(H,18,19)/t11-/m0/s1. The van der Waals surface area contributed by atoms with E-state index in [9.17, 15) is 9.59 Å². The molecule has 1 amide bonds. The summed E-state index contributed by atoms with van der Waals surface area (Å²) in [6, 6.07) is 4.53. The number of carboxylic acid groups (broad SMARTS) is 1. The zero-order chi connectivity index (χ0) is 14.4. The van der Waals surface area contributed by atoms with Crippen molar-refractivity contribution in [1.82, 2.24) is 5.32 Å². The molecule has 2 N–H and O–H groups in total. The van der Waals surface area contributed by atoms with Gasteiger partial charge in [-0.3, -0.25) is 4.79 Å². The molecule has 0 saturated heterocycles. The molecule has 1 atom stereocenters. The van der Waals surface area contributed by atoms with Crippen molar-refractivity contribution in [3.8, 4) is 0 Å². The minimum absolute atomic E-state index is 0.367. The first-order valence-corrected chi connectivity index (χ1v) is 7.81. The number of amides is 1. The first-order valence-electron chi connectivity index (χ1n) is 5.94. The molecule has 0 unspecified atom stereocenters. The van der Waals surface area contributed by atoms with Gasteiger partial charge in [-0.05, 0) is 63.1 Å². The number of carbonyl (C=O) groups is 2. The Balaban J connectivity index is 2.81. The van der Waals surface area contributed by atoms with E-state index in [2.05, 4.69) is 43.8 Å². The van der Waals surface area contributed by atoms with Crippen molar-refractivity contribution in [3.05, 3.63) is 31.8 Å². The Morgan fingerprint density at radius 1 is 1.47 bits per heavy atom. The minimum atomic E-state index is -0.997. The fraction of sp³-hybridized carbons (Fsp3) is 0.385. The van der Waals surface area contributed by atoms with Gasteiger partial charge < -0.3 is 10.4 Å². The largest absolute Gasteiger partial charge is 0.480 e. The number of nitrogens with one attached hydrogen (secondary N) is 1. The van der Waals surface area contributed by atoms with E-state index in [1.54, 1.807) is 12.1 Å². The van der Waals surface area contributed by atoms with Crippen LogP contribution < -0.4 is 5.32 Å². The van der Waals surface area contributed by atoms with Crippen LogP contribution in [0.25, 0.3) is 0 Å². The molecule has 0 radical (unpaired) electrons. The Bertz CT molecular complexity index is 479. The van der Waals surface area contributed by atoms with Crippen LogP contribution >= 0.6 is 38.5 Å². The monoisotopic (exact) mass is 439 g/mol. The van der Waals surface area contributed by atoms with Crippen LogP contribution in [0.5, 0.6) is 0 Å². The van der Waals surface area contributed by atoms with E-state index in [-0.39, 0.29) is 5.91 Å². The molecule has 0 aliphatic carbocycles. The van der Waals surface area contributed by atoms with E-state index >= 15 is 0 Å². The molecule has 1 rings (SSSR count). The van der Waals surface area contributed by atoms with Crippen LogP contribution in [0.1, 0.15) is 36.5 Å². The molecule has 0 spiro atoms. The maximum atomic E-state index is 12.1. The van der Waals surface area contributed by atoms with E-state index < -0.39 is 12.0 Å². The molecule has 1 aromatic carbocycles. The average Bonchev–Trinajstić information content (AvgIpc) is 2.36. The number of carboxylic acids is 1. The normalized spacial score (nSPS) is 11.9. The maximum Gasteiger partial charge on any atom is 0.326 e. The van der Waals surface area contributed by atoms with E-state index in [4.69, 9.17) is 5.11 Å². The van der Waals surface area contributed by atoms with Crippen molar-refractivity contribution in [2.75, 3.05) is 0 Å². The highest BCUT2D eigenvalue weighted by atomic mass is 127. The van der Waals surface area contributed by atoms with Gasteiger partial charge in [0.25, 0.3) is 5.91 Å². The van der Waals surface area contributed by atoms with Crippen LogP contribution in [0, 0.1) is 3.57 Å². The molecular weight excluding hydrogens is 425 g/mol. The first-order chi connectivity index (χ1) is 8.95. The van der Waals surface area contributed by atoms with Gasteiger partial charge in [0.15, 0.2) is 0 Å². The minimum Gasteiger partial charge on any atom is -0.480 e. The molecular formula is C13H15BrINO3. The molecule has 19 heavy (non-hydrogen) atoms. The van der Waals surface area contributed by atoms with Gasteiger partial charge >= 0.3 is 5.97 Å². The number of halogens is 2. The average molecular weight is 440 g/mol. The highest BCUT2D eigenvalue weighted by molar-refractivity contribution is 14.1. The Labute approximate surface area is 134 Å². The van der Waals surface area contributed by atoms with Gasteiger partial charge in [0.2, 0.25) is 0 Å². The summed E-state index contributed by atoms with van der Waals surface area (Å²) < 4.78 is 1.58. The number of rotatable bonds is 6. The molecule has 0 bridgehead atoms. The Morgan fingerprint density at radius 3 is 2.74 bits per heavy atom. The summed E-state index contributed by atoms with van der Waals surface area (Å²) in [6.07, 6.45) is 2.11. The SMILES string of the molecule is CCCC[C@H](NC(=O)c1cc(I)ccc1Br)C(=O)O. The number of hydrogen-bond donors (Lipinski definition) is 2. The summed E-state index contributed by atoms with van der Waals surface area (Å²) in [6.45, 7) is 1.98. The van der Waals surface area contributed by atoms with Crippen LogP contribution in [0.15, 0.2) is 22.7 Å². The lowest BCUT2D eigenvalue weighted by atomic mass is 10.1. The quantitative estimate of drug-likeness (QED) is 0.667. The van der Waals surface area contributed by atoms with Crippen molar-refractivity contribution in [2.45, 2.75) is 32.2 Å². The summed E-state index contributed by atoms with van der Waals surface area (Å²) in [5.74, 6) is -1.36. The molecule has 4 nitrogen and oxygen atoms in total. The van der Waals surface area contributed by atoms with Gasteiger partial charge in [-0.2, -0.15) is 0 Å². The summed E-state index contributed by atoms with van der Waals surface area (Å²) >= 11 is 5.41. The number of carbonyl (C=O) groups excluding carboxylic acids is 1. The van der Waals surface area contributed by atoms with Gasteiger partial charge in [-0.25, -0.2) is 4.79 Å². The summed E-state index contributed by atoms with van der Waals surface area (Å²) in [4.78, 5) is 23.2.